The van der Waals surface area contributed by atoms with Crippen LogP contribution in [0.25, 0.3) is 27.6 Å². The molecule has 0 bridgehead atoms. The van der Waals surface area contributed by atoms with Gasteiger partial charge in [0.05, 0.1) is 0 Å². The van der Waals surface area contributed by atoms with E-state index in [0.717, 1.165) is 63.2 Å². The zero-order valence-electron chi connectivity index (χ0n) is 30.6. The standard InChI is InChI=1S/C46H43N4O.Pt/c1-7-46(6,8-2)33-15-13-16-34(27-33)48-31-49(42-22-12-11-21-41(42)48)35-17-14-18-36(29-35)51-37-23-24-39-38-19-9-10-20-40(38)50(43(39)30-37)44-28-32(25-26-47-44)45(3,4)5;/h9-28,31H,7-8H2,1-6H3;/q-3;. The van der Waals surface area contributed by atoms with Crippen LogP contribution in [-0.2, 0) is 31.9 Å². The first kappa shape index (κ1) is 35.5. The van der Waals surface area contributed by atoms with E-state index in [4.69, 9.17) is 9.72 Å². The number of benzene rings is 5. The summed E-state index contributed by atoms with van der Waals surface area (Å²) in [4.78, 5) is 9.28. The predicted molar refractivity (Wildman–Crippen MR) is 211 cm³/mol. The van der Waals surface area contributed by atoms with E-state index in [-0.39, 0.29) is 31.9 Å². The maximum atomic E-state index is 6.53. The molecule has 1 aliphatic rings. The zero-order valence-corrected chi connectivity index (χ0v) is 32.8. The molecular weight excluding hydrogens is 820 g/mol. The van der Waals surface area contributed by atoms with Gasteiger partial charge in [-0.05, 0) is 82.6 Å². The van der Waals surface area contributed by atoms with Crippen molar-refractivity contribution in [2.75, 3.05) is 9.80 Å². The fourth-order valence-electron chi connectivity index (χ4n) is 7.13. The second-order valence-corrected chi connectivity index (χ2v) is 14.8. The molecule has 0 spiro atoms. The molecule has 5 aromatic carbocycles. The minimum absolute atomic E-state index is 0. The van der Waals surface area contributed by atoms with E-state index >= 15 is 0 Å². The number of pyridine rings is 1. The van der Waals surface area contributed by atoms with Gasteiger partial charge in [-0.1, -0.05) is 89.5 Å². The van der Waals surface area contributed by atoms with Crippen molar-refractivity contribution in [1.82, 2.24) is 9.55 Å². The summed E-state index contributed by atoms with van der Waals surface area (Å²) in [5.41, 5.74) is 8.97. The number of fused-ring (bicyclic) bond motifs is 4. The maximum Gasteiger partial charge on any atom is 0.135 e. The molecule has 0 aliphatic carbocycles. The summed E-state index contributed by atoms with van der Waals surface area (Å²) in [7, 11) is 0. The van der Waals surface area contributed by atoms with Gasteiger partial charge in [0.2, 0.25) is 0 Å². The zero-order chi connectivity index (χ0) is 35.3. The van der Waals surface area contributed by atoms with Crippen molar-refractivity contribution in [2.45, 2.75) is 65.2 Å². The van der Waals surface area contributed by atoms with E-state index in [1.807, 2.05) is 24.4 Å². The van der Waals surface area contributed by atoms with Crippen molar-refractivity contribution in [3.63, 3.8) is 0 Å². The number of nitrogens with zero attached hydrogens (tertiary/aromatic N) is 4. The molecule has 3 heterocycles. The summed E-state index contributed by atoms with van der Waals surface area (Å²) < 4.78 is 8.72. The van der Waals surface area contributed by atoms with Crippen LogP contribution in [0.3, 0.4) is 0 Å². The third-order valence-corrected chi connectivity index (χ3v) is 10.6. The van der Waals surface area contributed by atoms with Crippen LogP contribution in [0.2, 0.25) is 0 Å². The minimum atomic E-state index is -0.00481. The molecule has 0 atom stereocenters. The molecule has 52 heavy (non-hydrogen) atoms. The Morgan fingerprint density at radius 1 is 0.673 bits per heavy atom. The van der Waals surface area contributed by atoms with Crippen molar-refractivity contribution >= 4 is 44.6 Å². The number of ether oxygens (including phenoxy) is 1. The van der Waals surface area contributed by atoms with Crippen LogP contribution in [0, 0.1) is 18.8 Å². The van der Waals surface area contributed by atoms with Crippen LogP contribution < -0.4 is 14.5 Å². The van der Waals surface area contributed by atoms with E-state index in [1.165, 1.54) is 11.1 Å². The molecule has 7 aromatic rings. The van der Waals surface area contributed by atoms with E-state index in [2.05, 4.69) is 172 Å². The molecule has 1 aliphatic heterocycles. The molecule has 5 nitrogen and oxygen atoms in total. The molecule has 266 valence electrons. The summed E-state index contributed by atoms with van der Waals surface area (Å²) in [5, 5.41) is 2.25. The van der Waals surface area contributed by atoms with Crippen LogP contribution in [0.4, 0.5) is 22.7 Å². The predicted octanol–water partition coefficient (Wildman–Crippen LogP) is 12.4. The molecule has 0 unspecified atom stereocenters. The number of hydrogen-bond acceptors (Lipinski definition) is 4. The van der Waals surface area contributed by atoms with Gasteiger partial charge in [-0.3, -0.25) is 0 Å². The summed E-state index contributed by atoms with van der Waals surface area (Å²) in [6.07, 6.45) is 4.08. The number of aromatic nitrogens is 2. The molecule has 6 heteroatoms. The molecule has 0 saturated carbocycles. The van der Waals surface area contributed by atoms with Crippen LogP contribution >= 0.6 is 0 Å². The van der Waals surface area contributed by atoms with E-state index in [1.54, 1.807) is 0 Å². The van der Waals surface area contributed by atoms with Gasteiger partial charge in [0, 0.05) is 61.3 Å². The average Bonchev–Trinajstić information content (AvgIpc) is 3.70. The van der Waals surface area contributed by atoms with Crippen molar-refractivity contribution in [2.24, 2.45) is 0 Å². The Labute approximate surface area is 322 Å². The third-order valence-electron chi connectivity index (χ3n) is 10.6. The molecule has 0 amide bonds. The normalized spacial score (nSPS) is 13.0. The van der Waals surface area contributed by atoms with Crippen LogP contribution in [-0.4, -0.2) is 9.55 Å². The number of anilines is 4. The Hall–Kier alpha value is -4.86. The molecule has 8 rings (SSSR count). The van der Waals surface area contributed by atoms with E-state index < -0.39 is 0 Å². The first-order valence-electron chi connectivity index (χ1n) is 17.9. The van der Waals surface area contributed by atoms with Gasteiger partial charge in [0.1, 0.15) is 5.82 Å². The summed E-state index contributed by atoms with van der Waals surface area (Å²) in [5.74, 6) is 2.10. The number of para-hydroxylation sites is 3. The summed E-state index contributed by atoms with van der Waals surface area (Å²) >= 11 is 0. The minimum Gasteiger partial charge on any atom is -0.509 e. The molecule has 0 N–H and O–H groups in total. The Morgan fingerprint density at radius 2 is 1.38 bits per heavy atom. The second-order valence-electron chi connectivity index (χ2n) is 14.8. The Balaban J connectivity index is 0.00000420. The fourth-order valence-corrected chi connectivity index (χ4v) is 7.13. The van der Waals surface area contributed by atoms with Gasteiger partial charge >= 0.3 is 0 Å². The Bertz CT molecular complexity index is 2390. The summed E-state index contributed by atoms with van der Waals surface area (Å²) in [6, 6.07) is 47.5. The first-order chi connectivity index (χ1) is 24.7. The van der Waals surface area contributed by atoms with Gasteiger partial charge in [-0.15, -0.1) is 48.1 Å². The Kier molecular flexibility index (Phi) is 9.52. The maximum absolute atomic E-state index is 6.53. The fraction of sp³-hybridized carbons (Fsp3) is 0.217. The van der Waals surface area contributed by atoms with E-state index in [9.17, 15) is 0 Å². The van der Waals surface area contributed by atoms with Gasteiger partial charge in [0.25, 0.3) is 0 Å². The second kappa shape index (κ2) is 13.9. The van der Waals surface area contributed by atoms with Crippen LogP contribution in [0.15, 0.2) is 121 Å². The third kappa shape index (κ3) is 6.30. The topological polar surface area (TPSA) is 33.5 Å². The van der Waals surface area contributed by atoms with Crippen molar-refractivity contribution in [3.05, 3.63) is 151 Å². The molecule has 0 radical (unpaired) electrons. The van der Waals surface area contributed by atoms with Crippen LogP contribution in [0.1, 0.15) is 65.5 Å². The van der Waals surface area contributed by atoms with Crippen molar-refractivity contribution in [1.29, 1.82) is 0 Å². The monoisotopic (exact) mass is 862 g/mol. The SMILES string of the molecule is CCC(C)(CC)c1cccc(N2[CH-]N(c3[c-]c(Oc4[c-]c5c(cc4)c4ccccc4n5-c4cc(C(C)(C)C)ccn4)ccc3)c3ccccc32)c1.[Pt]. The van der Waals surface area contributed by atoms with Gasteiger partial charge < -0.3 is 19.1 Å². The number of rotatable bonds is 8. The molecule has 0 fully saturated rings. The van der Waals surface area contributed by atoms with E-state index in [0.29, 0.717) is 11.5 Å². The van der Waals surface area contributed by atoms with Gasteiger partial charge in [-0.2, -0.15) is 12.1 Å². The molecule has 2 aromatic heterocycles. The summed E-state index contributed by atoms with van der Waals surface area (Å²) in [6.45, 7) is 15.7. The van der Waals surface area contributed by atoms with Gasteiger partial charge in [0.15, 0.2) is 0 Å². The smallest absolute Gasteiger partial charge is 0.135 e. The van der Waals surface area contributed by atoms with Crippen molar-refractivity contribution in [3.8, 4) is 17.3 Å². The quantitative estimate of drug-likeness (QED) is 0.143. The van der Waals surface area contributed by atoms with Crippen LogP contribution in [0.5, 0.6) is 11.5 Å². The molecule has 0 saturated heterocycles. The molecular formula is C46H43N4OPt-3. The van der Waals surface area contributed by atoms with Gasteiger partial charge in [-0.25, -0.2) is 4.98 Å². The average molecular weight is 863 g/mol. The largest absolute Gasteiger partial charge is 0.509 e. The Morgan fingerprint density at radius 3 is 2.15 bits per heavy atom. The number of hydrogen-bond donors (Lipinski definition) is 0. The first-order valence-corrected chi connectivity index (χ1v) is 17.9. The van der Waals surface area contributed by atoms with Crippen molar-refractivity contribution < 1.29 is 25.8 Å².